The fourth-order valence-electron chi connectivity index (χ4n) is 2.37. The Kier molecular flexibility index (Phi) is 8.42. The number of thiophene rings is 1. The number of hydrogen-bond acceptors (Lipinski definition) is 4. The Morgan fingerprint density at radius 2 is 2.22 bits per heavy atom. The van der Waals surface area contributed by atoms with Crippen molar-refractivity contribution in [1.82, 2.24) is 10.6 Å². The maximum atomic E-state index is 5.77. The van der Waals surface area contributed by atoms with E-state index in [1.54, 1.807) is 0 Å². The molecule has 130 valence electrons. The third-order valence-corrected chi connectivity index (χ3v) is 4.87. The molecule has 0 aromatic carbocycles. The van der Waals surface area contributed by atoms with Crippen LogP contribution in [0.1, 0.15) is 36.4 Å². The van der Waals surface area contributed by atoms with Crippen LogP contribution in [0.25, 0.3) is 0 Å². The number of aryl methyl sites for hydroxylation is 1. The molecule has 1 aromatic heterocycles. The van der Waals surface area contributed by atoms with E-state index in [1.807, 2.05) is 11.3 Å². The molecule has 0 radical (unpaired) electrons. The van der Waals surface area contributed by atoms with Gasteiger partial charge in [-0.15, -0.1) is 11.3 Å². The number of ether oxygens (including phenoxy) is 2. The van der Waals surface area contributed by atoms with E-state index in [1.165, 1.54) is 9.75 Å². The topological polar surface area (TPSA) is 54.9 Å². The maximum absolute atomic E-state index is 5.77. The molecule has 0 aliphatic carbocycles. The number of aliphatic imine (C=N–C) groups is 1. The first-order valence-electron chi connectivity index (χ1n) is 8.61. The highest BCUT2D eigenvalue weighted by atomic mass is 32.1. The van der Waals surface area contributed by atoms with Crippen LogP contribution in [0.3, 0.4) is 0 Å². The van der Waals surface area contributed by atoms with E-state index >= 15 is 0 Å². The van der Waals surface area contributed by atoms with Crippen LogP contribution >= 0.6 is 11.3 Å². The SMILES string of the molecule is CCNC(=NCc1ccc(CC)s1)NCCCOC1CCOC1. The summed E-state index contributed by atoms with van der Waals surface area (Å²) in [6.07, 6.45) is 3.39. The quantitative estimate of drug-likeness (QED) is 0.412. The number of rotatable bonds is 9. The zero-order valence-electron chi connectivity index (χ0n) is 14.3. The Hall–Kier alpha value is -1.11. The van der Waals surface area contributed by atoms with Gasteiger partial charge in [0.05, 0.1) is 19.3 Å². The highest BCUT2D eigenvalue weighted by molar-refractivity contribution is 7.11. The Balaban J connectivity index is 1.66. The zero-order chi connectivity index (χ0) is 16.3. The summed E-state index contributed by atoms with van der Waals surface area (Å²) in [7, 11) is 0. The van der Waals surface area contributed by atoms with Crippen LogP contribution in [0.4, 0.5) is 0 Å². The molecule has 0 saturated carbocycles. The van der Waals surface area contributed by atoms with Gasteiger partial charge in [-0.25, -0.2) is 4.99 Å². The van der Waals surface area contributed by atoms with Crippen LogP contribution in [0.5, 0.6) is 0 Å². The minimum absolute atomic E-state index is 0.295. The molecule has 0 spiro atoms. The molecule has 1 saturated heterocycles. The number of nitrogens with zero attached hydrogens (tertiary/aromatic N) is 1. The lowest BCUT2D eigenvalue weighted by Crippen LogP contribution is -2.38. The molecule has 5 nitrogen and oxygen atoms in total. The second-order valence-corrected chi connectivity index (χ2v) is 6.81. The molecule has 0 bridgehead atoms. The Bertz CT molecular complexity index is 470. The predicted molar refractivity (Wildman–Crippen MR) is 96.3 cm³/mol. The van der Waals surface area contributed by atoms with Gasteiger partial charge in [-0.2, -0.15) is 0 Å². The minimum atomic E-state index is 0.295. The molecular weight excluding hydrogens is 310 g/mol. The molecule has 23 heavy (non-hydrogen) atoms. The van der Waals surface area contributed by atoms with Gasteiger partial charge < -0.3 is 20.1 Å². The first-order chi connectivity index (χ1) is 11.3. The van der Waals surface area contributed by atoms with Gasteiger partial charge in [0, 0.05) is 36.1 Å². The first kappa shape index (κ1) is 18.2. The van der Waals surface area contributed by atoms with Crippen LogP contribution in [0.15, 0.2) is 17.1 Å². The van der Waals surface area contributed by atoms with Gasteiger partial charge in [0.15, 0.2) is 5.96 Å². The summed E-state index contributed by atoms with van der Waals surface area (Å²) in [6, 6.07) is 4.37. The summed E-state index contributed by atoms with van der Waals surface area (Å²) >= 11 is 1.84. The van der Waals surface area contributed by atoms with Gasteiger partial charge in [0.25, 0.3) is 0 Å². The molecule has 1 unspecified atom stereocenters. The fourth-order valence-corrected chi connectivity index (χ4v) is 3.25. The summed E-state index contributed by atoms with van der Waals surface area (Å²) in [5, 5.41) is 6.66. The minimum Gasteiger partial charge on any atom is -0.379 e. The van der Waals surface area contributed by atoms with Crippen molar-refractivity contribution in [3.8, 4) is 0 Å². The first-order valence-corrected chi connectivity index (χ1v) is 9.42. The molecule has 2 heterocycles. The van der Waals surface area contributed by atoms with Crippen molar-refractivity contribution in [3.63, 3.8) is 0 Å². The van der Waals surface area contributed by atoms with Crippen LogP contribution in [-0.4, -0.2) is 45.0 Å². The lowest BCUT2D eigenvalue weighted by atomic mass is 10.3. The van der Waals surface area contributed by atoms with Gasteiger partial charge >= 0.3 is 0 Å². The van der Waals surface area contributed by atoms with Gasteiger partial charge in [0.2, 0.25) is 0 Å². The summed E-state index contributed by atoms with van der Waals surface area (Å²) in [5.41, 5.74) is 0. The van der Waals surface area contributed by atoms with Crippen LogP contribution in [-0.2, 0) is 22.4 Å². The highest BCUT2D eigenvalue weighted by Gasteiger charge is 2.15. The van der Waals surface area contributed by atoms with Gasteiger partial charge in [-0.1, -0.05) is 6.92 Å². The normalized spacial score (nSPS) is 18.3. The molecule has 2 N–H and O–H groups in total. The van der Waals surface area contributed by atoms with E-state index in [0.717, 1.165) is 64.7 Å². The molecule has 6 heteroatoms. The second kappa shape index (κ2) is 10.6. The Morgan fingerprint density at radius 3 is 2.91 bits per heavy atom. The van der Waals surface area contributed by atoms with Crippen LogP contribution in [0, 0.1) is 0 Å². The molecule has 1 aliphatic heterocycles. The van der Waals surface area contributed by atoms with Crippen molar-refractivity contribution in [3.05, 3.63) is 21.9 Å². The maximum Gasteiger partial charge on any atom is 0.191 e. The summed E-state index contributed by atoms with van der Waals surface area (Å²) in [5.74, 6) is 0.878. The predicted octanol–water partition coefficient (Wildman–Crippen LogP) is 2.56. The lowest BCUT2D eigenvalue weighted by molar-refractivity contribution is 0.0420. The smallest absolute Gasteiger partial charge is 0.191 e. The van der Waals surface area contributed by atoms with Crippen molar-refractivity contribution in [2.75, 3.05) is 32.9 Å². The van der Waals surface area contributed by atoms with Gasteiger partial charge in [0.1, 0.15) is 0 Å². The van der Waals surface area contributed by atoms with Crippen molar-refractivity contribution in [1.29, 1.82) is 0 Å². The standard InChI is InChI=1S/C17H29N3O2S/c1-3-15-6-7-16(23-15)12-20-17(18-4-2)19-9-5-10-22-14-8-11-21-13-14/h6-7,14H,3-5,8-13H2,1-2H3,(H2,18,19,20). The van der Waals surface area contributed by atoms with Crippen LogP contribution in [0.2, 0.25) is 0 Å². The number of guanidine groups is 1. The van der Waals surface area contributed by atoms with E-state index in [0.29, 0.717) is 6.10 Å². The molecule has 1 aromatic rings. The summed E-state index contributed by atoms with van der Waals surface area (Å²) in [6.45, 7) is 9.09. The average molecular weight is 340 g/mol. The van der Waals surface area contributed by atoms with Crippen molar-refractivity contribution >= 4 is 17.3 Å². The number of hydrogen-bond donors (Lipinski definition) is 2. The Labute approximate surface area is 143 Å². The van der Waals surface area contributed by atoms with E-state index in [4.69, 9.17) is 9.47 Å². The van der Waals surface area contributed by atoms with E-state index in [9.17, 15) is 0 Å². The van der Waals surface area contributed by atoms with Gasteiger partial charge in [-0.05, 0) is 38.3 Å². The van der Waals surface area contributed by atoms with Crippen molar-refractivity contribution < 1.29 is 9.47 Å². The highest BCUT2D eigenvalue weighted by Crippen LogP contribution is 2.17. The monoisotopic (exact) mass is 339 g/mol. The van der Waals surface area contributed by atoms with Gasteiger partial charge in [-0.3, -0.25) is 0 Å². The summed E-state index contributed by atoms with van der Waals surface area (Å²) in [4.78, 5) is 7.38. The third-order valence-electron chi connectivity index (χ3n) is 3.66. The van der Waals surface area contributed by atoms with E-state index < -0.39 is 0 Å². The van der Waals surface area contributed by atoms with Crippen LogP contribution < -0.4 is 10.6 Å². The third kappa shape index (κ3) is 6.89. The molecular formula is C17H29N3O2S. The molecule has 1 fully saturated rings. The zero-order valence-corrected chi connectivity index (χ0v) is 15.1. The fraction of sp³-hybridized carbons (Fsp3) is 0.706. The molecule has 2 rings (SSSR count). The largest absolute Gasteiger partial charge is 0.379 e. The summed E-state index contributed by atoms with van der Waals surface area (Å²) < 4.78 is 11.1. The Morgan fingerprint density at radius 1 is 1.35 bits per heavy atom. The molecule has 0 amide bonds. The molecule has 1 aliphatic rings. The number of nitrogens with one attached hydrogen (secondary N) is 2. The lowest BCUT2D eigenvalue weighted by Gasteiger charge is -2.12. The molecule has 1 atom stereocenters. The van der Waals surface area contributed by atoms with Crippen molar-refractivity contribution in [2.24, 2.45) is 4.99 Å². The van der Waals surface area contributed by atoms with Crippen molar-refractivity contribution in [2.45, 2.75) is 45.8 Å². The second-order valence-electron chi connectivity index (χ2n) is 5.55. The average Bonchev–Trinajstić information content (AvgIpc) is 3.23. The van der Waals surface area contributed by atoms with E-state index in [2.05, 4.69) is 41.6 Å². The van der Waals surface area contributed by atoms with E-state index in [-0.39, 0.29) is 0 Å².